The van der Waals surface area contributed by atoms with Crippen molar-refractivity contribution in [1.29, 1.82) is 0 Å². The zero-order valence-electron chi connectivity index (χ0n) is 12.3. The van der Waals surface area contributed by atoms with Gasteiger partial charge in [-0.05, 0) is 24.1 Å². The van der Waals surface area contributed by atoms with Gasteiger partial charge in [-0.2, -0.15) is 5.10 Å². The first kappa shape index (κ1) is 13.8. The molecule has 0 fully saturated rings. The third-order valence-corrected chi connectivity index (χ3v) is 3.80. The summed E-state index contributed by atoms with van der Waals surface area (Å²) in [7, 11) is 1.90. The van der Waals surface area contributed by atoms with Crippen LogP contribution in [0.4, 0.5) is 0 Å². The minimum atomic E-state index is -0.643. The van der Waals surface area contributed by atoms with Crippen molar-refractivity contribution >= 4 is 10.9 Å². The lowest BCUT2D eigenvalue weighted by molar-refractivity contribution is 0.173. The van der Waals surface area contributed by atoms with Crippen LogP contribution >= 0.6 is 0 Å². The summed E-state index contributed by atoms with van der Waals surface area (Å²) in [5, 5.41) is 16.0. The standard InChI is InChI=1S/C17H19N3O/c1-3-12-8-9-13(18-11-12)10-16(21)17-14-6-4-5-7-15(14)20(2)19-17/h4-9,11,16,21H,3,10H2,1-2H3. The van der Waals surface area contributed by atoms with E-state index in [0.717, 1.165) is 28.7 Å². The highest BCUT2D eigenvalue weighted by Gasteiger charge is 2.17. The van der Waals surface area contributed by atoms with Crippen molar-refractivity contribution in [1.82, 2.24) is 14.8 Å². The summed E-state index contributed by atoms with van der Waals surface area (Å²) in [4.78, 5) is 4.41. The number of aromatic nitrogens is 3. The zero-order valence-corrected chi connectivity index (χ0v) is 12.3. The van der Waals surface area contributed by atoms with Crippen LogP contribution in [-0.2, 0) is 19.9 Å². The molecule has 0 saturated heterocycles. The molecule has 108 valence electrons. The Kier molecular flexibility index (Phi) is 3.71. The number of nitrogens with zero attached hydrogens (tertiary/aromatic N) is 3. The van der Waals surface area contributed by atoms with Gasteiger partial charge in [-0.25, -0.2) is 0 Å². The summed E-state index contributed by atoms with van der Waals surface area (Å²) < 4.78 is 1.81. The molecule has 3 aromatic rings. The fourth-order valence-electron chi connectivity index (χ4n) is 2.57. The Morgan fingerprint density at radius 1 is 1.19 bits per heavy atom. The Morgan fingerprint density at radius 3 is 2.71 bits per heavy atom. The smallest absolute Gasteiger partial charge is 0.104 e. The highest BCUT2D eigenvalue weighted by Crippen LogP contribution is 2.25. The van der Waals surface area contributed by atoms with E-state index in [4.69, 9.17) is 0 Å². The van der Waals surface area contributed by atoms with E-state index >= 15 is 0 Å². The van der Waals surface area contributed by atoms with Crippen molar-refractivity contribution in [3.05, 3.63) is 59.5 Å². The molecule has 21 heavy (non-hydrogen) atoms. The number of fused-ring (bicyclic) bond motifs is 1. The van der Waals surface area contributed by atoms with Gasteiger partial charge in [0.2, 0.25) is 0 Å². The van der Waals surface area contributed by atoms with Gasteiger partial charge in [0.15, 0.2) is 0 Å². The Hall–Kier alpha value is -2.20. The first-order valence-electron chi connectivity index (χ1n) is 7.22. The third kappa shape index (κ3) is 2.67. The van der Waals surface area contributed by atoms with E-state index in [2.05, 4.69) is 23.1 Å². The van der Waals surface area contributed by atoms with Crippen molar-refractivity contribution in [2.45, 2.75) is 25.9 Å². The molecule has 0 aliphatic carbocycles. The van der Waals surface area contributed by atoms with Crippen LogP contribution in [0.1, 0.15) is 30.0 Å². The zero-order chi connectivity index (χ0) is 14.8. The summed E-state index contributed by atoms with van der Waals surface area (Å²) in [6.45, 7) is 2.10. The van der Waals surface area contributed by atoms with E-state index in [1.807, 2.05) is 48.3 Å². The van der Waals surface area contributed by atoms with Crippen molar-refractivity contribution in [3.63, 3.8) is 0 Å². The van der Waals surface area contributed by atoms with Crippen LogP contribution in [0.15, 0.2) is 42.6 Å². The molecule has 1 aromatic carbocycles. The molecule has 2 aromatic heterocycles. The molecule has 4 heteroatoms. The van der Waals surface area contributed by atoms with Gasteiger partial charge in [0.1, 0.15) is 6.10 Å². The molecule has 1 N–H and O–H groups in total. The highest BCUT2D eigenvalue weighted by molar-refractivity contribution is 5.82. The summed E-state index contributed by atoms with van der Waals surface area (Å²) in [5.74, 6) is 0. The maximum Gasteiger partial charge on any atom is 0.104 e. The van der Waals surface area contributed by atoms with Gasteiger partial charge in [0.05, 0.1) is 11.2 Å². The molecular formula is C17H19N3O. The second-order valence-electron chi connectivity index (χ2n) is 5.26. The van der Waals surface area contributed by atoms with Crippen molar-refractivity contribution in [3.8, 4) is 0 Å². The lowest BCUT2D eigenvalue weighted by atomic mass is 10.1. The van der Waals surface area contributed by atoms with E-state index in [0.29, 0.717) is 6.42 Å². The van der Waals surface area contributed by atoms with Crippen LogP contribution in [0.5, 0.6) is 0 Å². The molecule has 0 bridgehead atoms. The van der Waals surface area contributed by atoms with Crippen molar-refractivity contribution < 1.29 is 5.11 Å². The normalized spacial score (nSPS) is 12.7. The van der Waals surface area contributed by atoms with Crippen LogP contribution in [-0.4, -0.2) is 19.9 Å². The van der Waals surface area contributed by atoms with Gasteiger partial charge < -0.3 is 5.11 Å². The average Bonchev–Trinajstić information content (AvgIpc) is 2.86. The van der Waals surface area contributed by atoms with Crippen LogP contribution in [0, 0.1) is 0 Å². The van der Waals surface area contributed by atoms with Crippen LogP contribution in [0.3, 0.4) is 0 Å². The number of aliphatic hydroxyl groups excluding tert-OH is 1. The van der Waals surface area contributed by atoms with Gasteiger partial charge in [0, 0.05) is 30.7 Å². The van der Waals surface area contributed by atoms with Crippen molar-refractivity contribution in [2.75, 3.05) is 0 Å². The average molecular weight is 281 g/mol. The number of hydrogen-bond donors (Lipinski definition) is 1. The topological polar surface area (TPSA) is 50.9 Å². The Labute approximate surface area is 124 Å². The molecule has 0 aliphatic heterocycles. The van der Waals surface area contributed by atoms with E-state index in [1.165, 1.54) is 5.56 Å². The van der Waals surface area contributed by atoms with Crippen LogP contribution in [0.2, 0.25) is 0 Å². The summed E-state index contributed by atoms with van der Waals surface area (Å²) >= 11 is 0. The molecular weight excluding hydrogens is 262 g/mol. The third-order valence-electron chi connectivity index (χ3n) is 3.80. The Bertz CT molecular complexity index is 746. The molecule has 1 atom stereocenters. The van der Waals surface area contributed by atoms with Gasteiger partial charge in [0.25, 0.3) is 0 Å². The van der Waals surface area contributed by atoms with E-state index in [9.17, 15) is 5.11 Å². The lowest BCUT2D eigenvalue weighted by Gasteiger charge is -2.08. The van der Waals surface area contributed by atoms with Crippen molar-refractivity contribution in [2.24, 2.45) is 7.05 Å². The molecule has 4 nitrogen and oxygen atoms in total. The highest BCUT2D eigenvalue weighted by atomic mass is 16.3. The van der Waals surface area contributed by atoms with E-state index in [1.54, 1.807) is 0 Å². The molecule has 0 radical (unpaired) electrons. The van der Waals surface area contributed by atoms with Crippen LogP contribution < -0.4 is 0 Å². The predicted molar refractivity (Wildman–Crippen MR) is 83.0 cm³/mol. The van der Waals surface area contributed by atoms with Gasteiger partial charge in [-0.3, -0.25) is 9.67 Å². The molecule has 0 aliphatic rings. The van der Waals surface area contributed by atoms with Gasteiger partial charge in [-0.1, -0.05) is 31.2 Å². The van der Waals surface area contributed by atoms with Gasteiger partial charge in [-0.15, -0.1) is 0 Å². The number of pyridine rings is 1. The maximum absolute atomic E-state index is 10.5. The molecule has 1 unspecified atom stereocenters. The maximum atomic E-state index is 10.5. The first-order chi connectivity index (χ1) is 10.2. The second-order valence-corrected chi connectivity index (χ2v) is 5.26. The molecule has 2 heterocycles. The number of aliphatic hydroxyl groups is 1. The summed E-state index contributed by atoms with van der Waals surface area (Å²) in [6.07, 6.45) is 2.68. The molecule has 0 saturated carbocycles. The quantitative estimate of drug-likeness (QED) is 0.800. The number of benzene rings is 1. The Balaban J connectivity index is 1.88. The monoisotopic (exact) mass is 281 g/mol. The number of hydrogen-bond acceptors (Lipinski definition) is 3. The number of rotatable bonds is 4. The number of para-hydroxylation sites is 1. The summed E-state index contributed by atoms with van der Waals surface area (Å²) in [5.41, 5.74) is 3.83. The first-order valence-corrected chi connectivity index (χ1v) is 7.22. The summed E-state index contributed by atoms with van der Waals surface area (Å²) in [6, 6.07) is 12.0. The lowest BCUT2D eigenvalue weighted by Crippen LogP contribution is -2.05. The number of aryl methyl sites for hydroxylation is 2. The van der Waals surface area contributed by atoms with E-state index < -0.39 is 6.10 Å². The minimum absolute atomic E-state index is 0.477. The molecule has 3 rings (SSSR count). The van der Waals surface area contributed by atoms with Gasteiger partial charge >= 0.3 is 0 Å². The van der Waals surface area contributed by atoms with Crippen LogP contribution in [0.25, 0.3) is 10.9 Å². The van der Waals surface area contributed by atoms with E-state index in [-0.39, 0.29) is 0 Å². The minimum Gasteiger partial charge on any atom is -0.386 e. The SMILES string of the molecule is CCc1ccc(CC(O)c2nn(C)c3ccccc23)nc1. The predicted octanol–water partition coefficient (Wildman–Crippen LogP) is 2.81. The fraction of sp³-hybridized carbons (Fsp3) is 0.294. The largest absolute Gasteiger partial charge is 0.386 e. The Morgan fingerprint density at radius 2 is 2.00 bits per heavy atom. The molecule has 0 spiro atoms. The fourth-order valence-corrected chi connectivity index (χ4v) is 2.57. The second kappa shape index (κ2) is 5.66. The molecule has 0 amide bonds.